The fraction of sp³-hybridized carbons (Fsp3) is 0.269. The van der Waals surface area contributed by atoms with E-state index in [1.807, 2.05) is 43.3 Å². The van der Waals surface area contributed by atoms with Gasteiger partial charge in [0.25, 0.3) is 11.5 Å². The maximum absolute atomic E-state index is 13.2. The fourth-order valence-corrected chi connectivity index (χ4v) is 4.71. The molecule has 2 aliphatic rings. The summed E-state index contributed by atoms with van der Waals surface area (Å²) in [6.07, 6.45) is 5.00. The van der Waals surface area contributed by atoms with E-state index in [4.69, 9.17) is 16.6 Å². The number of nitrogens with zero attached hydrogens (tertiary/aromatic N) is 5. The molecule has 0 spiro atoms. The van der Waals surface area contributed by atoms with Gasteiger partial charge in [0.05, 0.1) is 34.3 Å². The third-order valence-corrected chi connectivity index (χ3v) is 6.59. The van der Waals surface area contributed by atoms with Gasteiger partial charge in [0, 0.05) is 13.2 Å². The Morgan fingerprint density at radius 1 is 1.14 bits per heavy atom. The van der Waals surface area contributed by atoms with Gasteiger partial charge in [-0.2, -0.15) is 0 Å². The number of aromatic nitrogens is 4. The molecule has 184 valence electrons. The monoisotopic (exact) mass is 503 g/mol. The molecule has 2 N–H and O–H groups in total. The molecule has 2 aromatic heterocycles. The number of halogens is 1. The maximum atomic E-state index is 13.2. The van der Waals surface area contributed by atoms with Crippen molar-refractivity contribution >= 4 is 34.2 Å². The first-order valence-electron chi connectivity index (χ1n) is 11.7. The zero-order chi connectivity index (χ0) is 25.2. The van der Waals surface area contributed by atoms with Crippen LogP contribution in [0, 0.1) is 6.92 Å². The number of nitrogens with one attached hydrogen (secondary N) is 2. The second kappa shape index (κ2) is 10.0. The number of amides is 1. The number of anilines is 1. The molecule has 4 aromatic rings. The summed E-state index contributed by atoms with van der Waals surface area (Å²) >= 11 is 6.30. The number of fused-ring (bicyclic) bond motifs is 2. The van der Waals surface area contributed by atoms with Crippen LogP contribution in [0.25, 0.3) is 16.6 Å². The van der Waals surface area contributed by atoms with Crippen LogP contribution in [0.2, 0.25) is 5.02 Å². The minimum atomic E-state index is -0.111. The highest BCUT2D eigenvalue weighted by atomic mass is 35.5. The van der Waals surface area contributed by atoms with Crippen molar-refractivity contribution in [2.45, 2.75) is 25.8 Å². The molecule has 1 saturated heterocycles. The van der Waals surface area contributed by atoms with E-state index in [-0.39, 0.29) is 17.5 Å². The number of rotatable bonds is 2. The predicted octanol–water partition coefficient (Wildman–Crippen LogP) is 3.70. The Morgan fingerprint density at radius 3 is 2.75 bits per heavy atom. The molecule has 2 aromatic carbocycles. The molecule has 9 nitrogen and oxygen atoms in total. The lowest BCUT2D eigenvalue weighted by molar-refractivity contribution is 0.0795. The molecule has 1 unspecified atom stereocenters. The van der Waals surface area contributed by atoms with Gasteiger partial charge in [0.15, 0.2) is 0 Å². The first-order valence-corrected chi connectivity index (χ1v) is 12.1. The zero-order valence-corrected chi connectivity index (χ0v) is 20.8. The van der Waals surface area contributed by atoms with Crippen LogP contribution in [0.4, 0.5) is 5.82 Å². The molecule has 36 heavy (non-hydrogen) atoms. The Morgan fingerprint density at radius 2 is 1.97 bits per heavy atom. The standard InChI is InChI=1S/C19H18ClN3O.C7H8N4O/c1-12-5-2-6-13(11-12)23-18(16-9-4-10-21-16)22-15-8-3-7-14(20)17(15)19(23)24;1-11-4-10-6-5(7(11)12)2-8-3-9-6/h2-3,5-8,11,16,21H,4,9-10H2,1H3;2-3H,4H2,1H3,(H,8,9,10). The molecular formula is C26H26ClN7O2. The van der Waals surface area contributed by atoms with Gasteiger partial charge in [-0.15, -0.1) is 0 Å². The molecule has 0 aliphatic carbocycles. The SMILES string of the molecule is CN1CNc2ncncc2C1=O.Cc1cccc(-n2c(C3CCCN3)nc3cccc(Cl)c3c2=O)c1. The number of benzene rings is 2. The van der Waals surface area contributed by atoms with E-state index < -0.39 is 0 Å². The second-order valence-electron chi connectivity index (χ2n) is 8.86. The summed E-state index contributed by atoms with van der Waals surface area (Å²) in [4.78, 5) is 38.8. The smallest absolute Gasteiger partial charge is 0.267 e. The lowest BCUT2D eigenvalue weighted by Gasteiger charge is -2.24. The van der Waals surface area contributed by atoms with Crippen LogP contribution in [0.1, 0.15) is 40.6 Å². The van der Waals surface area contributed by atoms with E-state index in [1.165, 1.54) is 12.5 Å². The van der Waals surface area contributed by atoms with Gasteiger partial charge in [-0.25, -0.2) is 15.0 Å². The lowest BCUT2D eigenvalue weighted by atomic mass is 10.1. The largest absolute Gasteiger partial charge is 0.352 e. The molecule has 6 rings (SSSR count). The van der Waals surface area contributed by atoms with Gasteiger partial charge in [-0.05, 0) is 56.1 Å². The van der Waals surface area contributed by atoms with E-state index in [1.54, 1.807) is 22.6 Å². The Kier molecular flexibility index (Phi) is 6.67. The Hall–Kier alpha value is -3.82. The van der Waals surface area contributed by atoms with Crippen LogP contribution in [0.5, 0.6) is 0 Å². The van der Waals surface area contributed by atoms with Crippen LogP contribution in [-0.2, 0) is 0 Å². The molecule has 2 aliphatic heterocycles. The highest BCUT2D eigenvalue weighted by molar-refractivity contribution is 6.35. The average Bonchev–Trinajstić information content (AvgIpc) is 3.42. The molecule has 10 heteroatoms. The van der Waals surface area contributed by atoms with Crippen molar-refractivity contribution in [3.63, 3.8) is 0 Å². The maximum Gasteiger partial charge on any atom is 0.267 e. The van der Waals surface area contributed by atoms with Crippen molar-refractivity contribution < 1.29 is 4.79 Å². The molecule has 0 bridgehead atoms. The number of hydrogen-bond acceptors (Lipinski definition) is 7. The van der Waals surface area contributed by atoms with Gasteiger partial charge in [-0.1, -0.05) is 29.8 Å². The Labute approximate surface area is 213 Å². The topological polar surface area (TPSA) is 105 Å². The lowest BCUT2D eigenvalue weighted by Crippen LogP contribution is -2.37. The minimum absolute atomic E-state index is 0.0376. The molecule has 1 atom stereocenters. The number of carbonyl (C=O) groups is 1. The molecule has 0 saturated carbocycles. The Balaban J connectivity index is 0.000000186. The van der Waals surface area contributed by atoms with Crippen LogP contribution in [-0.4, -0.2) is 50.6 Å². The Bertz CT molecular complexity index is 1500. The third kappa shape index (κ3) is 4.55. The van der Waals surface area contributed by atoms with E-state index in [9.17, 15) is 9.59 Å². The normalized spacial score (nSPS) is 16.8. The summed E-state index contributed by atoms with van der Waals surface area (Å²) in [5.74, 6) is 1.34. The van der Waals surface area contributed by atoms with Crippen LogP contribution in [0.15, 0.2) is 59.8 Å². The van der Waals surface area contributed by atoms with Crippen molar-refractivity contribution in [3.8, 4) is 5.69 Å². The summed E-state index contributed by atoms with van der Waals surface area (Å²) in [7, 11) is 1.73. The summed E-state index contributed by atoms with van der Waals surface area (Å²) in [6, 6.07) is 13.4. The summed E-state index contributed by atoms with van der Waals surface area (Å²) in [6.45, 7) is 3.47. The predicted molar refractivity (Wildman–Crippen MR) is 140 cm³/mol. The number of aryl methyl sites for hydroxylation is 1. The van der Waals surface area contributed by atoms with E-state index >= 15 is 0 Å². The molecule has 1 fully saturated rings. The van der Waals surface area contributed by atoms with Crippen LogP contribution >= 0.6 is 11.6 Å². The van der Waals surface area contributed by atoms with Crippen LogP contribution < -0.4 is 16.2 Å². The number of hydrogen-bond donors (Lipinski definition) is 2. The molecular weight excluding hydrogens is 478 g/mol. The molecule has 1 amide bonds. The third-order valence-electron chi connectivity index (χ3n) is 6.28. The van der Waals surface area contributed by atoms with Crippen molar-refractivity contribution in [2.24, 2.45) is 0 Å². The van der Waals surface area contributed by atoms with Gasteiger partial charge < -0.3 is 15.5 Å². The molecule has 0 radical (unpaired) electrons. The summed E-state index contributed by atoms with van der Waals surface area (Å²) in [5.41, 5.74) is 3.01. The second-order valence-corrected chi connectivity index (χ2v) is 9.26. The zero-order valence-electron chi connectivity index (χ0n) is 20.0. The van der Waals surface area contributed by atoms with Gasteiger partial charge in [-0.3, -0.25) is 14.2 Å². The first kappa shape index (κ1) is 23.9. The highest BCUT2D eigenvalue weighted by Crippen LogP contribution is 2.27. The van der Waals surface area contributed by atoms with Gasteiger partial charge in [0.2, 0.25) is 0 Å². The van der Waals surface area contributed by atoms with Crippen molar-refractivity contribution in [1.29, 1.82) is 0 Å². The summed E-state index contributed by atoms with van der Waals surface area (Å²) in [5, 5.41) is 7.36. The van der Waals surface area contributed by atoms with E-state index in [0.717, 1.165) is 36.5 Å². The van der Waals surface area contributed by atoms with Crippen molar-refractivity contribution in [1.82, 2.24) is 29.7 Å². The molecule has 4 heterocycles. The van der Waals surface area contributed by atoms with Gasteiger partial charge in [0.1, 0.15) is 23.5 Å². The average molecular weight is 504 g/mol. The minimum Gasteiger partial charge on any atom is -0.352 e. The van der Waals surface area contributed by atoms with Crippen molar-refractivity contribution in [2.75, 3.05) is 25.6 Å². The quantitative estimate of drug-likeness (QED) is 0.429. The van der Waals surface area contributed by atoms with E-state index in [0.29, 0.717) is 34.0 Å². The summed E-state index contributed by atoms with van der Waals surface area (Å²) < 4.78 is 1.71. The van der Waals surface area contributed by atoms with Gasteiger partial charge >= 0.3 is 0 Å². The van der Waals surface area contributed by atoms with Crippen LogP contribution in [0.3, 0.4) is 0 Å². The van der Waals surface area contributed by atoms with E-state index in [2.05, 4.69) is 20.6 Å². The van der Waals surface area contributed by atoms with Crippen molar-refractivity contribution in [3.05, 3.63) is 87.3 Å². The first-order chi connectivity index (χ1) is 17.4. The highest BCUT2D eigenvalue weighted by Gasteiger charge is 2.24. The number of carbonyl (C=O) groups excluding carboxylic acids is 1. The fourth-order valence-electron chi connectivity index (χ4n) is 4.46.